The van der Waals surface area contributed by atoms with Crippen LogP contribution in [0, 0.1) is 5.92 Å². The maximum absolute atomic E-state index is 13.0. The third kappa shape index (κ3) is 4.59. The summed E-state index contributed by atoms with van der Waals surface area (Å²) in [7, 11) is 0. The summed E-state index contributed by atoms with van der Waals surface area (Å²) < 4.78 is 1.72. The van der Waals surface area contributed by atoms with Crippen LogP contribution in [-0.2, 0) is 24.2 Å². The molecule has 2 aromatic carbocycles. The third-order valence-corrected chi connectivity index (χ3v) is 6.45. The van der Waals surface area contributed by atoms with Gasteiger partial charge < -0.3 is 5.32 Å². The van der Waals surface area contributed by atoms with Crippen LogP contribution in [-0.4, -0.2) is 21.2 Å². The highest BCUT2D eigenvalue weighted by Crippen LogP contribution is 2.25. The molecule has 5 nitrogen and oxygen atoms in total. The van der Waals surface area contributed by atoms with Crippen molar-refractivity contribution in [2.45, 2.75) is 51.2 Å². The van der Waals surface area contributed by atoms with E-state index in [9.17, 15) is 9.59 Å². The molecule has 1 amide bonds. The summed E-state index contributed by atoms with van der Waals surface area (Å²) in [6.45, 7) is 4.87. The summed E-state index contributed by atoms with van der Waals surface area (Å²) in [6, 6.07) is 13.6. The summed E-state index contributed by atoms with van der Waals surface area (Å²) in [5.74, 6) is 0.601. The molecule has 0 aliphatic heterocycles. The van der Waals surface area contributed by atoms with E-state index in [1.54, 1.807) is 4.57 Å². The molecule has 0 saturated heterocycles. The average Bonchev–Trinajstić information content (AvgIpc) is 3.19. The number of aryl methyl sites for hydroxylation is 2. The van der Waals surface area contributed by atoms with E-state index in [2.05, 4.69) is 36.3 Å². The monoisotopic (exact) mass is 421 g/mol. The van der Waals surface area contributed by atoms with Crippen molar-refractivity contribution in [2.75, 3.05) is 11.1 Å². The largest absolute Gasteiger partial charge is 0.325 e. The molecule has 1 N–H and O–H groups in total. The Kier molecular flexibility index (Phi) is 6.23. The molecule has 0 atom stereocenters. The van der Waals surface area contributed by atoms with Crippen LogP contribution in [0.25, 0.3) is 10.9 Å². The van der Waals surface area contributed by atoms with Crippen LogP contribution in [0.1, 0.15) is 37.8 Å². The van der Waals surface area contributed by atoms with Gasteiger partial charge in [-0.15, -0.1) is 0 Å². The molecule has 1 heterocycles. The van der Waals surface area contributed by atoms with E-state index in [0.29, 0.717) is 28.5 Å². The summed E-state index contributed by atoms with van der Waals surface area (Å²) in [4.78, 5) is 30.3. The Bertz CT molecular complexity index is 1140. The number of hydrogen-bond donors (Lipinski definition) is 1. The summed E-state index contributed by atoms with van der Waals surface area (Å²) in [5, 5.41) is 4.21. The minimum absolute atomic E-state index is 0.0391. The van der Waals surface area contributed by atoms with Gasteiger partial charge in [0.2, 0.25) is 5.91 Å². The van der Waals surface area contributed by atoms with Crippen molar-refractivity contribution in [3.05, 3.63) is 63.9 Å². The molecular formula is C24H27N3O2S. The Morgan fingerprint density at radius 3 is 2.80 bits per heavy atom. The number of anilines is 1. The molecule has 6 heteroatoms. The van der Waals surface area contributed by atoms with Gasteiger partial charge in [-0.3, -0.25) is 14.2 Å². The number of aromatic nitrogens is 2. The van der Waals surface area contributed by atoms with E-state index in [-0.39, 0.29) is 17.2 Å². The Labute approximate surface area is 180 Å². The lowest BCUT2D eigenvalue weighted by molar-refractivity contribution is -0.113. The lowest BCUT2D eigenvalue weighted by atomic mass is 10.1. The van der Waals surface area contributed by atoms with E-state index in [0.717, 1.165) is 24.9 Å². The molecule has 0 fully saturated rings. The van der Waals surface area contributed by atoms with Crippen LogP contribution in [0.15, 0.2) is 52.4 Å². The number of carbonyl (C=O) groups is 1. The Morgan fingerprint density at radius 2 is 1.97 bits per heavy atom. The molecule has 0 radical (unpaired) electrons. The third-order valence-electron chi connectivity index (χ3n) is 5.47. The lowest BCUT2D eigenvalue weighted by Crippen LogP contribution is -2.25. The van der Waals surface area contributed by atoms with Crippen LogP contribution in [0.3, 0.4) is 0 Å². The first-order valence-electron chi connectivity index (χ1n) is 10.6. The van der Waals surface area contributed by atoms with Gasteiger partial charge in [0.05, 0.1) is 16.7 Å². The first-order chi connectivity index (χ1) is 14.5. The number of para-hydroxylation sites is 1. The number of thioether (sulfide) groups is 1. The van der Waals surface area contributed by atoms with Crippen LogP contribution in [0.2, 0.25) is 0 Å². The summed E-state index contributed by atoms with van der Waals surface area (Å²) in [5.41, 5.74) is 4.19. The van der Waals surface area contributed by atoms with Gasteiger partial charge in [-0.25, -0.2) is 4.98 Å². The average molecular weight is 422 g/mol. The molecular weight excluding hydrogens is 394 g/mol. The molecule has 0 spiro atoms. The van der Waals surface area contributed by atoms with Crippen molar-refractivity contribution in [1.29, 1.82) is 0 Å². The maximum Gasteiger partial charge on any atom is 0.262 e. The van der Waals surface area contributed by atoms with Gasteiger partial charge in [0.25, 0.3) is 5.56 Å². The predicted molar refractivity (Wildman–Crippen MR) is 123 cm³/mol. The zero-order valence-electron chi connectivity index (χ0n) is 17.5. The fourth-order valence-electron chi connectivity index (χ4n) is 3.82. The van der Waals surface area contributed by atoms with E-state index in [1.807, 2.05) is 30.3 Å². The Morgan fingerprint density at radius 1 is 1.17 bits per heavy atom. The van der Waals surface area contributed by atoms with Crippen LogP contribution in [0.4, 0.5) is 5.69 Å². The topological polar surface area (TPSA) is 64.0 Å². The highest BCUT2D eigenvalue weighted by molar-refractivity contribution is 7.99. The molecule has 1 aromatic heterocycles. The normalized spacial score (nSPS) is 13.0. The number of benzene rings is 2. The fourth-order valence-corrected chi connectivity index (χ4v) is 4.64. The second kappa shape index (κ2) is 9.04. The van der Waals surface area contributed by atoms with Crippen molar-refractivity contribution in [2.24, 2.45) is 5.92 Å². The van der Waals surface area contributed by atoms with Gasteiger partial charge in [-0.05, 0) is 67.0 Å². The SMILES string of the molecule is CC(C)CCn1c(SCC(=O)Nc2ccc3c(c2)CCC3)nc2ccccc2c1=O. The summed E-state index contributed by atoms with van der Waals surface area (Å²) in [6.07, 6.45) is 4.27. The van der Waals surface area contributed by atoms with Gasteiger partial charge in [0.15, 0.2) is 5.16 Å². The number of fused-ring (bicyclic) bond motifs is 2. The molecule has 0 bridgehead atoms. The van der Waals surface area contributed by atoms with E-state index >= 15 is 0 Å². The zero-order chi connectivity index (χ0) is 21.1. The van der Waals surface area contributed by atoms with Gasteiger partial charge in [-0.2, -0.15) is 0 Å². The lowest BCUT2D eigenvalue weighted by Gasteiger charge is -2.14. The van der Waals surface area contributed by atoms with Crippen LogP contribution < -0.4 is 10.9 Å². The number of rotatable bonds is 7. The van der Waals surface area contributed by atoms with Gasteiger partial charge >= 0.3 is 0 Å². The molecule has 156 valence electrons. The Balaban J connectivity index is 1.51. The van der Waals surface area contributed by atoms with Crippen molar-refractivity contribution in [3.8, 4) is 0 Å². The second-order valence-electron chi connectivity index (χ2n) is 8.22. The predicted octanol–water partition coefficient (Wildman–Crippen LogP) is 4.66. The van der Waals surface area contributed by atoms with Crippen molar-refractivity contribution >= 4 is 34.3 Å². The highest BCUT2D eigenvalue weighted by Gasteiger charge is 2.15. The molecule has 0 unspecified atom stereocenters. The fraction of sp³-hybridized carbons (Fsp3) is 0.375. The quantitative estimate of drug-likeness (QED) is 0.445. The molecule has 1 aliphatic carbocycles. The number of nitrogens with one attached hydrogen (secondary N) is 1. The van der Waals surface area contributed by atoms with Gasteiger partial charge in [0, 0.05) is 12.2 Å². The zero-order valence-corrected chi connectivity index (χ0v) is 18.3. The van der Waals surface area contributed by atoms with Crippen molar-refractivity contribution < 1.29 is 4.79 Å². The number of carbonyl (C=O) groups excluding carboxylic acids is 1. The van der Waals surface area contributed by atoms with E-state index in [1.165, 1.54) is 29.3 Å². The van der Waals surface area contributed by atoms with Crippen molar-refractivity contribution in [1.82, 2.24) is 9.55 Å². The number of hydrogen-bond acceptors (Lipinski definition) is 4. The standard InChI is InChI=1S/C24H27N3O2S/c1-16(2)12-13-27-23(29)20-8-3-4-9-21(20)26-24(27)30-15-22(28)25-19-11-10-17-6-5-7-18(17)14-19/h3-4,8-11,14,16H,5-7,12-13,15H2,1-2H3,(H,25,28). The van der Waals surface area contributed by atoms with Crippen LogP contribution >= 0.6 is 11.8 Å². The molecule has 1 aliphatic rings. The highest BCUT2D eigenvalue weighted by atomic mass is 32.2. The van der Waals surface area contributed by atoms with Gasteiger partial charge in [-0.1, -0.05) is 43.8 Å². The number of amides is 1. The first kappa shape index (κ1) is 20.7. The van der Waals surface area contributed by atoms with Crippen LogP contribution in [0.5, 0.6) is 0 Å². The Hall–Kier alpha value is -2.60. The van der Waals surface area contributed by atoms with Crippen molar-refractivity contribution in [3.63, 3.8) is 0 Å². The molecule has 3 aromatic rings. The van der Waals surface area contributed by atoms with Gasteiger partial charge in [0.1, 0.15) is 0 Å². The minimum atomic E-state index is -0.0873. The minimum Gasteiger partial charge on any atom is -0.325 e. The molecule has 0 saturated carbocycles. The van der Waals surface area contributed by atoms with E-state index in [4.69, 9.17) is 0 Å². The maximum atomic E-state index is 13.0. The summed E-state index contributed by atoms with van der Waals surface area (Å²) >= 11 is 1.32. The first-order valence-corrected chi connectivity index (χ1v) is 11.5. The smallest absolute Gasteiger partial charge is 0.262 e. The number of nitrogens with zero attached hydrogens (tertiary/aromatic N) is 2. The molecule has 30 heavy (non-hydrogen) atoms. The second-order valence-corrected chi connectivity index (χ2v) is 9.17. The van der Waals surface area contributed by atoms with E-state index < -0.39 is 0 Å². The molecule has 4 rings (SSSR count).